The standard InChI is InChI=1S/C19H17N5O3S/c1-22-11-20-17-16(22)18(26)24(19(27)23(17)2)10-15(25)21-13-7-4-3-6-12(13)14-8-5-9-28-14/h3-9,11H,10H2,1-2H3,(H,21,25). The van der Waals surface area contributed by atoms with Crippen LogP contribution < -0.4 is 16.6 Å². The average Bonchev–Trinajstić information content (AvgIpc) is 3.34. The lowest BCUT2D eigenvalue weighted by molar-refractivity contribution is -0.116. The van der Waals surface area contributed by atoms with Crippen molar-refractivity contribution in [1.29, 1.82) is 0 Å². The average molecular weight is 395 g/mol. The summed E-state index contributed by atoms with van der Waals surface area (Å²) in [4.78, 5) is 43.0. The molecule has 9 heteroatoms. The van der Waals surface area contributed by atoms with E-state index in [9.17, 15) is 14.4 Å². The van der Waals surface area contributed by atoms with Crippen LogP contribution in [0.5, 0.6) is 0 Å². The fraction of sp³-hybridized carbons (Fsp3) is 0.158. The first-order valence-corrected chi connectivity index (χ1v) is 9.39. The van der Waals surface area contributed by atoms with E-state index in [0.29, 0.717) is 5.69 Å². The van der Waals surface area contributed by atoms with Gasteiger partial charge in [-0.15, -0.1) is 11.3 Å². The Kier molecular flexibility index (Phi) is 4.44. The Hall–Kier alpha value is -3.46. The maximum atomic E-state index is 12.7. The Morgan fingerprint density at radius 2 is 1.93 bits per heavy atom. The van der Waals surface area contributed by atoms with E-state index in [4.69, 9.17) is 0 Å². The second-order valence-electron chi connectivity index (χ2n) is 6.33. The smallest absolute Gasteiger partial charge is 0.328 e. The summed E-state index contributed by atoms with van der Waals surface area (Å²) < 4.78 is 3.73. The Balaban J connectivity index is 1.69. The number of carbonyl (C=O) groups is 1. The number of amides is 1. The molecular formula is C19H17N5O3S. The van der Waals surface area contributed by atoms with E-state index >= 15 is 0 Å². The van der Waals surface area contributed by atoms with Gasteiger partial charge in [-0.1, -0.05) is 24.3 Å². The molecular weight excluding hydrogens is 378 g/mol. The molecule has 0 fully saturated rings. The molecule has 1 N–H and O–H groups in total. The number of fused-ring (bicyclic) bond motifs is 1. The lowest BCUT2D eigenvalue weighted by Crippen LogP contribution is -2.42. The van der Waals surface area contributed by atoms with Gasteiger partial charge in [0.25, 0.3) is 5.56 Å². The molecule has 0 spiro atoms. The van der Waals surface area contributed by atoms with Gasteiger partial charge in [-0.3, -0.25) is 14.2 Å². The molecule has 3 aromatic heterocycles. The van der Waals surface area contributed by atoms with Gasteiger partial charge in [-0.05, 0) is 17.5 Å². The Bertz CT molecular complexity index is 1300. The maximum absolute atomic E-state index is 12.7. The lowest BCUT2D eigenvalue weighted by Gasteiger charge is -2.12. The quantitative estimate of drug-likeness (QED) is 0.570. The Labute approximate surface area is 163 Å². The van der Waals surface area contributed by atoms with E-state index in [1.165, 1.54) is 22.5 Å². The van der Waals surface area contributed by atoms with E-state index in [1.807, 2.05) is 35.7 Å². The molecule has 0 aliphatic carbocycles. The van der Waals surface area contributed by atoms with E-state index in [-0.39, 0.29) is 17.7 Å². The van der Waals surface area contributed by atoms with Crippen molar-refractivity contribution in [3.63, 3.8) is 0 Å². The molecule has 8 nitrogen and oxygen atoms in total. The molecule has 4 rings (SSSR count). The van der Waals surface area contributed by atoms with Crippen molar-refractivity contribution < 1.29 is 4.79 Å². The van der Waals surface area contributed by atoms with E-state index in [1.54, 1.807) is 24.5 Å². The Morgan fingerprint density at radius 3 is 2.68 bits per heavy atom. The number of carbonyl (C=O) groups excluding carboxylic acids is 1. The van der Waals surface area contributed by atoms with Gasteiger partial charge in [0.2, 0.25) is 5.91 Å². The molecule has 4 aromatic rings. The number of aryl methyl sites for hydroxylation is 2. The molecule has 0 aliphatic heterocycles. The van der Waals surface area contributed by atoms with Crippen LogP contribution in [0, 0.1) is 0 Å². The SMILES string of the molecule is Cn1cnc2c1c(=O)n(CC(=O)Nc1ccccc1-c1cccs1)c(=O)n2C. The number of rotatable bonds is 4. The molecule has 0 radical (unpaired) electrons. The monoisotopic (exact) mass is 395 g/mol. The van der Waals surface area contributed by atoms with Gasteiger partial charge in [0.05, 0.1) is 6.33 Å². The number of nitrogens with one attached hydrogen (secondary N) is 1. The molecule has 3 heterocycles. The molecule has 0 unspecified atom stereocenters. The largest absolute Gasteiger partial charge is 0.332 e. The number of imidazole rings is 1. The van der Waals surface area contributed by atoms with Crippen LogP contribution in [-0.2, 0) is 25.4 Å². The van der Waals surface area contributed by atoms with Gasteiger partial charge in [0.1, 0.15) is 6.54 Å². The number of hydrogen-bond acceptors (Lipinski definition) is 5. The van der Waals surface area contributed by atoms with Crippen molar-refractivity contribution >= 4 is 34.1 Å². The van der Waals surface area contributed by atoms with Gasteiger partial charge in [0.15, 0.2) is 11.2 Å². The van der Waals surface area contributed by atoms with E-state index in [2.05, 4.69) is 10.3 Å². The topological polar surface area (TPSA) is 90.9 Å². The van der Waals surface area contributed by atoms with Gasteiger partial charge >= 0.3 is 5.69 Å². The molecule has 0 atom stereocenters. The lowest BCUT2D eigenvalue weighted by atomic mass is 10.1. The predicted molar refractivity (Wildman–Crippen MR) is 109 cm³/mol. The van der Waals surface area contributed by atoms with Crippen LogP contribution in [0.15, 0.2) is 57.7 Å². The van der Waals surface area contributed by atoms with Crippen molar-refractivity contribution in [2.75, 3.05) is 5.32 Å². The predicted octanol–water partition coefficient (Wildman–Crippen LogP) is 1.80. The normalized spacial score (nSPS) is 11.1. The zero-order valence-corrected chi connectivity index (χ0v) is 16.1. The van der Waals surface area contributed by atoms with E-state index < -0.39 is 17.2 Å². The first-order valence-electron chi connectivity index (χ1n) is 8.51. The number of aromatic nitrogens is 4. The third-order valence-electron chi connectivity index (χ3n) is 4.49. The van der Waals surface area contributed by atoms with Crippen molar-refractivity contribution in [2.24, 2.45) is 14.1 Å². The molecule has 142 valence electrons. The number of para-hydroxylation sites is 1. The van der Waals surface area contributed by atoms with Gasteiger partial charge in [-0.25, -0.2) is 14.3 Å². The van der Waals surface area contributed by atoms with Gasteiger partial charge in [0, 0.05) is 30.2 Å². The summed E-state index contributed by atoms with van der Waals surface area (Å²) in [7, 11) is 3.19. The van der Waals surface area contributed by atoms with Crippen LogP contribution in [-0.4, -0.2) is 24.6 Å². The summed E-state index contributed by atoms with van der Waals surface area (Å²) in [6.07, 6.45) is 1.47. The zero-order chi connectivity index (χ0) is 19.8. The molecule has 0 saturated carbocycles. The molecule has 0 bridgehead atoms. The highest BCUT2D eigenvalue weighted by molar-refractivity contribution is 7.13. The fourth-order valence-electron chi connectivity index (χ4n) is 3.11. The number of hydrogen-bond donors (Lipinski definition) is 1. The highest BCUT2D eigenvalue weighted by Gasteiger charge is 2.17. The van der Waals surface area contributed by atoms with Crippen LogP contribution in [0.25, 0.3) is 21.6 Å². The minimum atomic E-state index is -0.585. The zero-order valence-electron chi connectivity index (χ0n) is 15.2. The second-order valence-corrected chi connectivity index (χ2v) is 7.28. The number of anilines is 1. The summed E-state index contributed by atoms with van der Waals surface area (Å²) in [5.41, 5.74) is 0.943. The van der Waals surface area contributed by atoms with Crippen molar-refractivity contribution in [3.05, 3.63) is 68.9 Å². The minimum absolute atomic E-state index is 0.272. The van der Waals surface area contributed by atoms with Crippen molar-refractivity contribution in [2.45, 2.75) is 6.54 Å². The van der Waals surface area contributed by atoms with Crippen LogP contribution in [0.3, 0.4) is 0 Å². The summed E-state index contributed by atoms with van der Waals surface area (Å²) >= 11 is 1.56. The molecule has 0 saturated heterocycles. The molecule has 0 aliphatic rings. The molecule has 28 heavy (non-hydrogen) atoms. The van der Waals surface area contributed by atoms with Crippen LogP contribution >= 0.6 is 11.3 Å². The third kappa shape index (κ3) is 2.95. The summed E-state index contributed by atoms with van der Waals surface area (Å²) in [5, 5.41) is 4.77. The Morgan fingerprint density at radius 1 is 1.14 bits per heavy atom. The number of nitrogens with zero attached hydrogens (tertiary/aromatic N) is 4. The van der Waals surface area contributed by atoms with Gasteiger partial charge < -0.3 is 9.88 Å². The van der Waals surface area contributed by atoms with Gasteiger partial charge in [-0.2, -0.15) is 0 Å². The first-order chi connectivity index (χ1) is 13.5. The maximum Gasteiger partial charge on any atom is 0.332 e. The van der Waals surface area contributed by atoms with E-state index in [0.717, 1.165) is 15.0 Å². The highest BCUT2D eigenvalue weighted by atomic mass is 32.1. The first kappa shape index (κ1) is 17.9. The van der Waals surface area contributed by atoms with Crippen LogP contribution in [0.4, 0.5) is 5.69 Å². The molecule has 1 aromatic carbocycles. The molecule has 1 amide bonds. The highest BCUT2D eigenvalue weighted by Crippen LogP contribution is 2.31. The fourth-order valence-corrected chi connectivity index (χ4v) is 3.87. The summed E-state index contributed by atoms with van der Waals surface area (Å²) in [6.45, 7) is -0.384. The number of thiophene rings is 1. The third-order valence-corrected chi connectivity index (χ3v) is 5.39. The van der Waals surface area contributed by atoms with Crippen LogP contribution in [0.2, 0.25) is 0 Å². The summed E-state index contributed by atoms with van der Waals surface area (Å²) in [6, 6.07) is 11.3. The number of benzene rings is 1. The summed E-state index contributed by atoms with van der Waals surface area (Å²) in [5.74, 6) is -0.454. The minimum Gasteiger partial charge on any atom is -0.328 e. The van der Waals surface area contributed by atoms with Crippen molar-refractivity contribution in [1.82, 2.24) is 18.7 Å². The van der Waals surface area contributed by atoms with Crippen molar-refractivity contribution in [3.8, 4) is 10.4 Å². The second kappa shape index (κ2) is 6.93. The van der Waals surface area contributed by atoms with Crippen LogP contribution in [0.1, 0.15) is 0 Å².